The zero-order valence-electron chi connectivity index (χ0n) is 12.6. The molecule has 0 heterocycles. The van der Waals surface area contributed by atoms with Crippen molar-refractivity contribution in [3.05, 3.63) is 71.6 Å². The van der Waals surface area contributed by atoms with E-state index in [0.29, 0.717) is 0 Å². The summed E-state index contributed by atoms with van der Waals surface area (Å²) in [5.74, 6) is 1.36. The van der Waals surface area contributed by atoms with Gasteiger partial charge in [0.2, 0.25) is 0 Å². The molecule has 0 N–H and O–H groups in total. The summed E-state index contributed by atoms with van der Waals surface area (Å²) >= 11 is 0. The normalized spacial score (nSPS) is 11.5. The van der Waals surface area contributed by atoms with Gasteiger partial charge in [-0.15, -0.1) is 0 Å². The summed E-state index contributed by atoms with van der Waals surface area (Å²) in [6.07, 6.45) is 5.29. The third-order valence-electron chi connectivity index (χ3n) is 3.23. The molecule has 2 aromatic rings. The molecule has 2 heteroatoms. The van der Waals surface area contributed by atoms with Crippen LogP contribution in [-0.4, -0.2) is 0 Å². The lowest BCUT2D eigenvalue weighted by Crippen LogP contribution is -1.96. The smallest absolute Gasteiger partial charge is 0.130 e. The van der Waals surface area contributed by atoms with E-state index in [-0.39, 0.29) is 5.82 Å². The molecule has 0 aliphatic rings. The summed E-state index contributed by atoms with van der Waals surface area (Å²) in [5, 5.41) is 0. The molecule has 0 aromatic heterocycles. The van der Waals surface area contributed by atoms with Crippen molar-refractivity contribution < 1.29 is 9.13 Å². The Morgan fingerprint density at radius 1 is 1.14 bits per heavy atom. The Balaban J connectivity index is 2.23. The number of hydrogen-bond acceptors (Lipinski definition) is 1. The van der Waals surface area contributed by atoms with E-state index >= 15 is 0 Å². The molecule has 0 atom stereocenters. The molecule has 0 saturated heterocycles. The molecular formula is C19H21FO. The molecule has 0 spiro atoms. The quantitative estimate of drug-likeness (QED) is 0.485. The first kappa shape index (κ1) is 15.3. The Kier molecular flexibility index (Phi) is 5.56. The van der Waals surface area contributed by atoms with Gasteiger partial charge in [0.25, 0.3) is 0 Å². The van der Waals surface area contributed by atoms with Crippen LogP contribution in [0.2, 0.25) is 0 Å². The molecule has 0 amide bonds. The molecule has 0 bridgehead atoms. The highest BCUT2D eigenvalue weighted by Gasteiger charge is 2.05. The number of hydrogen-bond donors (Lipinski definition) is 0. The lowest BCUT2D eigenvalue weighted by atomic mass is 10.1. The van der Waals surface area contributed by atoms with E-state index in [1.54, 1.807) is 12.1 Å². The maximum absolute atomic E-state index is 13.1. The predicted octanol–water partition coefficient (Wildman–Crippen LogP) is 5.74. The van der Waals surface area contributed by atoms with Crippen LogP contribution in [0.25, 0.3) is 5.76 Å². The van der Waals surface area contributed by atoms with Gasteiger partial charge in [-0.3, -0.25) is 0 Å². The van der Waals surface area contributed by atoms with E-state index in [1.165, 1.54) is 12.1 Å². The van der Waals surface area contributed by atoms with Crippen molar-refractivity contribution >= 4 is 5.76 Å². The summed E-state index contributed by atoms with van der Waals surface area (Å²) < 4.78 is 19.1. The number of rotatable bonds is 6. The number of halogens is 1. The number of benzene rings is 2. The van der Waals surface area contributed by atoms with Crippen molar-refractivity contribution in [3.63, 3.8) is 0 Å². The first-order valence-electron chi connectivity index (χ1n) is 7.39. The van der Waals surface area contributed by atoms with Gasteiger partial charge in [0.1, 0.15) is 17.3 Å². The van der Waals surface area contributed by atoms with Crippen LogP contribution in [0.4, 0.5) is 4.39 Å². The van der Waals surface area contributed by atoms with Crippen LogP contribution in [0.15, 0.2) is 54.6 Å². The highest BCUT2D eigenvalue weighted by molar-refractivity contribution is 5.62. The van der Waals surface area contributed by atoms with Crippen LogP contribution >= 0.6 is 0 Å². The maximum Gasteiger partial charge on any atom is 0.130 e. The highest BCUT2D eigenvalue weighted by atomic mass is 19.1. The first-order valence-corrected chi connectivity index (χ1v) is 7.39. The van der Waals surface area contributed by atoms with Crippen LogP contribution in [0.1, 0.15) is 37.3 Å². The van der Waals surface area contributed by atoms with Crippen LogP contribution in [-0.2, 0) is 0 Å². The number of unbranched alkanes of at least 4 members (excludes halogenated alkanes) is 2. The molecule has 0 unspecified atom stereocenters. The molecule has 21 heavy (non-hydrogen) atoms. The Morgan fingerprint density at radius 3 is 2.57 bits per heavy atom. The van der Waals surface area contributed by atoms with Crippen molar-refractivity contribution in [2.75, 3.05) is 0 Å². The van der Waals surface area contributed by atoms with Gasteiger partial charge in [-0.1, -0.05) is 25.5 Å². The van der Waals surface area contributed by atoms with Crippen molar-refractivity contribution in [2.45, 2.75) is 33.1 Å². The minimum atomic E-state index is -0.234. The second-order valence-electron chi connectivity index (χ2n) is 5.14. The molecule has 110 valence electrons. The Bertz CT molecular complexity index is 599. The minimum Gasteiger partial charge on any atom is -0.457 e. The molecule has 0 aliphatic heterocycles. The van der Waals surface area contributed by atoms with Gasteiger partial charge >= 0.3 is 0 Å². The third-order valence-corrected chi connectivity index (χ3v) is 3.23. The van der Waals surface area contributed by atoms with E-state index in [0.717, 1.165) is 41.9 Å². The summed E-state index contributed by atoms with van der Waals surface area (Å²) in [6, 6.07) is 14.4. The van der Waals surface area contributed by atoms with E-state index in [2.05, 4.69) is 13.0 Å². The van der Waals surface area contributed by atoms with Gasteiger partial charge in [-0.05, 0) is 67.8 Å². The van der Waals surface area contributed by atoms with E-state index < -0.39 is 0 Å². The van der Waals surface area contributed by atoms with Crippen LogP contribution in [0.3, 0.4) is 0 Å². The van der Waals surface area contributed by atoms with Crippen LogP contribution < -0.4 is 4.74 Å². The number of allylic oxidation sites excluding steroid dienone is 1. The monoisotopic (exact) mass is 284 g/mol. The largest absolute Gasteiger partial charge is 0.457 e. The summed E-state index contributed by atoms with van der Waals surface area (Å²) in [5.41, 5.74) is 2.05. The average Bonchev–Trinajstić information content (AvgIpc) is 2.47. The third kappa shape index (κ3) is 4.75. The van der Waals surface area contributed by atoms with E-state index in [4.69, 9.17) is 4.74 Å². The highest BCUT2D eigenvalue weighted by Crippen LogP contribution is 2.23. The van der Waals surface area contributed by atoms with Gasteiger partial charge in [-0.25, -0.2) is 4.39 Å². The average molecular weight is 284 g/mol. The SMILES string of the molecule is CCCC/C=C(\Oc1cccc(C)c1)c1ccc(F)cc1. The molecular weight excluding hydrogens is 263 g/mol. The Morgan fingerprint density at radius 2 is 1.90 bits per heavy atom. The van der Waals surface area contributed by atoms with Gasteiger partial charge in [0, 0.05) is 5.56 Å². The molecule has 0 aliphatic carbocycles. The fraction of sp³-hybridized carbons (Fsp3) is 0.263. The topological polar surface area (TPSA) is 9.23 Å². The van der Waals surface area contributed by atoms with Gasteiger partial charge in [0.15, 0.2) is 0 Å². The molecule has 1 nitrogen and oxygen atoms in total. The molecule has 0 saturated carbocycles. The van der Waals surface area contributed by atoms with E-state index in [9.17, 15) is 4.39 Å². The van der Waals surface area contributed by atoms with Crippen LogP contribution in [0.5, 0.6) is 5.75 Å². The molecule has 2 rings (SSSR count). The first-order chi connectivity index (χ1) is 10.2. The second kappa shape index (κ2) is 7.63. The Labute approximate surface area is 126 Å². The van der Waals surface area contributed by atoms with Crippen molar-refractivity contribution in [3.8, 4) is 5.75 Å². The van der Waals surface area contributed by atoms with Gasteiger partial charge < -0.3 is 4.74 Å². The minimum absolute atomic E-state index is 0.234. The Hall–Kier alpha value is -2.09. The second-order valence-corrected chi connectivity index (χ2v) is 5.14. The van der Waals surface area contributed by atoms with Crippen LogP contribution in [0, 0.1) is 12.7 Å². The molecule has 0 radical (unpaired) electrons. The van der Waals surface area contributed by atoms with Crippen molar-refractivity contribution in [1.29, 1.82) is 0 Å². The fourth-order valence-corrected chi connectivity index (χ4v) is 2.08. The number of ether oxygens (including phenoxy) is 1. The van der Waals surface area contributed by atoms with Gasteiger partial charge in [-0.2, -0.15) is 0 Å². The molecule has 2 aromatic carbocycles. The lowest BCUT2D eigenvalue weighted by molar-refractivity contribution is 0.511. The zero-order valence-corrected chi connectivity index (χ0v) is 12.6. The van der Waals surface area contributed by atoms with Crippen molar-refractivity contribution in [2.24, 2.45) is 0 Å². The van der Waals surface area contributed by atoms with Gasteiger partial charge in [0.05, 0.1) is 0 Å². The maximum atomic E-state index is 13.1. The van der Waals surface area contributed by atoms with Crippen molar-refractivity contribution in [1.82, 2.24) is 0 Å². The lowest BCUT2D eigenvalue weighted by Gasteiger charge is -2.11. The zero-order chi connectivity index (χ0) is 15.1. The standard InChI is InChI=1S/C19H21FO/c1-3-4-5-9-19(16-10-12-17(20)13-11-16)21-18-8-6-7-15(2)14-18/h6-14H,3-5H2,1-2H3/b19-9-. The summed E-state index contributed by atoms with van der Waals surface area (Å²) in [7, 11) is 0. The predicted molar refractivity (Wildman–Crippen MR) is 85.7 cm³/mol. The number of aryl methyl sites for hydroxylation is 1. The fourth-order valence-electron chi connectivity index (χ4n) is 2.08. The summed E-state index contributed by atoms with van der Waals surface area (Å²) in [6.45, 7) is 4.19. The van der Waals surface area contributed by atoms with E-state index in [1.807, 2.05) is 31.2 Å². The summed E-state index contributed by atoms with van der Waals surface area (Å²) in [4.78, 5) is 0. The molecule has 0 fully saturated rings.